The Hall–Kier alpha value is -0.683. The van der Waals surface area contributed by atoms with Crippen molar-refractivity contribution in [2.24, 2.45) is 17.8 Å². The first-order chi connectivity index (χ1) is 13.1. The zero-order chi connectivity index (χ0) is 21.3. The lowest BCUT2D eigenvalue weighted by atomic mass is 9.84. The Labute approximate surface area is 175 Å². The van der Waals surface area contributed by atoms with Crippen LogP contribution in [0, 0.1) is 17.8 Å². The van der Waals surface area contributed by atoms with Crippen molar-refractivity contribution >= 4 is 9.04 Å². The van der Waals surface area contributed by atoms with Crippen LogP contribution in [0.4, 0.5) is 0 Å². The lowest BCUT2D eigenvalue weighted by Crippen LogP contribution is -2.53. The highest BCUT2D eigenvalue weighted by Crippen LogP contribution is 2.37. The van der Waals surface area contributed by atoms with E-state index in [2.05, 4.69) is 72.4 Å². The number of hydrogen-bond acceptors (Lipinski definition) is 3. The van der Waals surface area contributed by atoms with E-state index in [-0.39, 0.29) is 24.2 Å². The molecule has 0 saturated carbocycles. The summed E-state index contributed by atoms with van der Waals surface area (Å²) < 4.78 is 19.4. The molecule has 4 heteroatoms. The van der Waals surface area contributed by atoms with Crippen LogP contribution in [0.3, 0.4) is 0 Å². The van der Waals surface area contributed by atoms with E-state index in [1.165, 1.54) is 0 Å². The van der Waals surface area contributed by atoms with Gasteiger partial charge in [0.05, 0.1) is 18.3 Å². The van der Waals surface area contributed by atoms with Crippen LogP contribution in [-0.2, 0) is 13.9 Å². The van der Waals surface area contributed by atoms with Gasteiger partial charge in [0.2, 0.25) is 9.04 Å². The molecule has 1 radical (unpaired) electrons. The number of ether oxygens (including phenoxy) is 2. The highest BCUT2D eigenvalue weighted by molar-refractivity contribution is 6.53. The largest absolute Gasteiger partial charge is 0.412 e. The minimum absolute atomic E-state index is 0.121. The summed E-state index contributed by atoms with van der Waals surface area (Å²) in [5.74, 6) is 0.520. The SMILES string of the molecule is C=C[C@H](C)[C@@H](C[C@@H]1OC(C)(C)O[C@H](C(C)C)[C@H]1C)O[Si](C/C=C\C)C/C=C\C. The van der Waals surface area contributed by atoms with Crippen molar-refractivity contribution in [3.05, 3.63) is 37.0 Å². The second-order valence-electron chi connectivity index (χ2n) is 8.81. The number of allylic oxidation sites excluding steroid dienone is 4. The Kier molecular flexibility index (Phi) is 11.0. The lowest BCUT2D eigenvalue weighted by molar-refractivity contribution is -0.328. The van der Waals surface area contributed by atoms with E-state index < -0.39 is 14.8 Å². The van der Waals surface area contributed by atoms with Crippen molar-refractivity contribution in [2.45, 2.75) is 98.0 Å². The molecule has 0 N–H and O–H groups in total. The van der Waals surface area contributed by atoms with Gasteiger partial charge in [0, 0.05) is 5.92 Å². The van der Waals surface area contributed by atoms with Crippen LogP contribution in [0.5, 0.6) is 0 Å². The van der Waals surface area contributed by atoms with E-state index in [9.17, 15) is 0 Å². The second-order valence-corrected chi connectivity index (χ2v) is 10.9. The van der Waals surface area contributed by atoms with Gasteiger partial charge in [0.1, 0.15) is 0 Å². The van der Waals surface area contributed by atoms with E-state index in [4.69, 9.17) is 13.9 Å². The monoisotopic (exact) mass is 407 g/mol. The average molecular weight is 408 g/mol. The van der Waals surface area contributed by atoms with E-state index in [0.29, 0.717) is 11.8 Å². The van der Waals surface area contributed by atoms with Gasteiger partial charge in [-0.15, -0.1) is 6.58 Å². The minimum Gasteiger partial charge on any atom is -0.412 e. The van der Waals surface area contributed by atoms with Crippen molar-refractivity contribution in [1.82, 2.24) is 0 Å². The van der Waals surface area contributed by atoms with Gasteiger partial charge >= 0.3 is 0 Å². The topological polar surface area (TPSA) is 27.7 Å². The van der Waals surface area contributed by atoms with Gasteiger partial charge in [-0.1, -0.05) is 58.1 Å². The third-order valence-electron chi connectivity index (χ3n) is 5.52. The van der Waals surface area contributed by atoms with Crippen molar-refractivity contribution in [3.8, 4) is 0 Å². The quantitative estimate of drug-likeness (QED) is 0.287. The zero-order valence-corrected chi connectivity index (χ0v) is 20.4. The summed E-state index contributed by atoms with van der Waals surface area (Å²) in [4.78, 5) is 0. The fourth-order valence-corrected chi connectivity index (χ4v) is 5.89. The summed E-state index contributed by atoms with van der Waals surface area (Å²) in [6, 6.07) is 2.05. The maximum Gasteiger partial charge on any atom is 0.219 e. The fraction of sp³-hybridized carbons (Fsp3) is 0.750. The van der Waals surface area contributed by atoms with Gasteiger partial charge in [-0.3, -0.25) is 0 Å². The minimum atomic E-state index is -0.956. The van der Waals surface area contributed by atoms with Gasteiger partial charge in [0.25, 0.3) is 0 Å². The number of rotatable bonds is 11. The molecule has 0 unspecified atom stereocenters. The molecular formula is C24H43O3Si. The molecule has 0 spiro atoms. The Morgan fingerprint density at radius 3 is 2.11 bits per heavy atom. The summed E-state index contributed by atoms with van der Waals surface area (Å²) >= 11 is 0. The molecule has 1 heterocycles. The maximum absolute atomic E-state index is 6.73. The van der Waals surface area contributed by atoms with Gasteiger partial charge in [-0.05, 0) is 58.0 Å². The Morgan fingerprint density at radius 1 is 1.07 bits per heavy atom. The van der Waals surface area contributed by atoms with Crippen LogP contribution in [0.15, 0.2) is 37.0 Å². The molecule has 28 heavy (non-hydrogen) atoms. The first-order valence-corrected chi connectivity index (χ1v) is 12.7. The van der Waals surface area contributed by atoms with Gasteiger partial charge in [0.15, 0.2) is 5.79 Å². The van der Waals surface area contributed by atoms with Crippen LogP contribution < -0.4 is 0 Å². The first-order valence-electron chi connectivity index (χ1n) is 10.9. The fourth-order valence-electron chi connectivity index (χ4n) is 3.80. The van der Waals surface area contributed by atoms with Gasteiger partial charge < -0.3 is 13.9 Å². The van der Waals surface area contributed by atoms with Gasteiger partial charge in [-0.25, -0.2) is 0 Å². The summed E-state index contributed by atoms with van der Waals surface area (Å²) in [5, 5.41) is 0. The molecule has 1 aliphatic rings. The summed E-state index contributed by atoms with van der Waals surface area (Å²) in [6.45, 7) is 21.2. The van der Waals surface area contributed by atoms with Crippen molar-refractivity contribution in [3.63, 3.8) is 0 Å². The Morgan fingerprint density at radius 2 is 1.64 bits per heavy atom. The molecule has 3 nitrogen and oxygen atoms in total. The van der Waals surface area contributed by atoms with Crippen LogP contribution in [0.25, 0.3) is 0 Å². The van der Waals surface area contributed by atoms with Crippen LogP contribution in [0.2, 0.25) is 12.1 Å². The van der Waals surface area contributed by atoms with Gasteiger partial charge in [-0.2, -0.15) is 0 Å². The molecular weight excluding hydrogens is 364 g/mol. The second kappa shape index (κ2) is 12.1. The average Bonchev–Trinajstić information content (AvgIpc) is 2.64. The zero-order valence-electron chi connectivity index (χ0n) is 19.4. The predicted molar refractivity (Wildman–Crippen MR) is 122 cm³/mol. The predicted octanol–water partition coefficient (Wildman–Crippen LogP) is 6.54. The third kappa shape index (κ3) is 7.98. The molecule has 1 aliphatic heterocycles. The van der Waals surface area contributed by atoms with E-state index in [1.807, 2.05) is 19.9 Å². The Bertz CT molecular complexity index is 498. The third-order valence-corrected chi connectivity index (χ3v) is 7.54. The maximum atomic E-state index is 6.73. The van der Waals surface area contributed by atoms with Crippen molar-refractivity contribution in [1.29, 1.82) is 0 Å². The molecule has 0 aromatic carbocycles. The standard InChI is InChI=1S/C24H43O3Si/c1-10-13-15-28(16-14-11-2)27-21(19(6)12-3)17-22-20(7)23(18(4)5)26-24(8,9)25-22/h10-14,18-23H,3,15-17H2,1-2,4-9H3/b13-10-,14-11-/t19-,20-,21+,22-,23+/m0/s1. The molecule has 0 aliphatic carbocycles. The highest BCUT2D eigenvalue weighted by Gasteiger charge is 2.43. The van der Waals surface area contributed by atoms with E-state index in [1.54, 1.807) is 0 Å². The first kappa shape index (κ1) is 25.4. The van der Waals surface area contributed by atoms with Crippen molar-refractivity contribution < 1.29 is 13.9 Å². The molecule has 1 fully saturated rings. The molecule has 1 saturated heterocycles. The highest BCUT2D eigenvalue weighted by atomic mass is 28.3. The molecule has 0 amide bonds. The molecule has 1 rings (SSSR count). The summed E-state index contributed by atoms with van der Waals surface area (Å²) in [7, 11) is -0.956. The summed E-state index contributed by atoms with van der Waals surface area (Å²) in [6.07, 6.45) is 12.0. The van der Waals surface area contributed by atoms with E-state index >= 15 is 0 Å². The van der Waals surface area contributed by atoms with Crippen molar-refractivity contribution in [2.75, 3.05) is 0 Å². The molecule has 5 atom stereocenters. The van der Waals surface area contributed by atoms with Crippen LogP contribution >= 0.6 is 0 Å². The normalized spacial score (nSPS) is 27.7. The molecule has 0 aromatic rings. The van der Waals surface area contributed by atoms with Crippen LogP contribution in [-0.4, -0.2) is 33.1 Å². The lowest BCUT2D eigenvalue weighted by Gasteiger charge is -2.47. The molecule has 0 aromatic heterocycles. The smallest absolute Gasteiger partial charge is 0.219 e. The van der Waals surface area contributed by atoms with Crippen LogP contribution in [0.1, 0.15) is 61.8 Å². The summed E-state index contributed by atoms with van der Waals surface area (Å²) in [5.41, 5.74) is 0. The number of hydrogen-bond donors (Lipinski definition) is 0. The molecule has 161 valence electrons. The Balaban J connectivity index is 2.97. The van der Waals surface area contributed by atoms with E-state index in [0.717, 1.165) is 18.5 Å². The molecule has 0 bridgehead atoms.